The van der Waals surface area contributed by atoms with E-state index in [1.807, 2.05) is 0 Å². The van der Waals surface area contributed by atoms with E-state index in [0.717, 1.165) is 6.42 Å². The Morgan fingerprint density at radius 3 is 2.38 bits per heavy atom. The highest BCUT2D eigenvalue weighted by Crippen LogP contribution is 2.11. The van der Waals surface area contributed by atoms with Crippen LogP contribution in [0.1, 0.15) is 27.2 Å². The molecule has 0 aromatic rings. The van der Waals surface area contributed by atoms with Gasteiger partial charge in [-0.15, -0.1) is 0 Å². The third kappa shape index (κ3) is 2.15. The maximum absolute atomic E-state index is 3.81. The molecule has 0 saturated carbocycles. The lowest BCUT2D eigenvalue weighted by atomic mass is 10.0. The van der Waals surface area contributed by atoms with Crippen molar-refractivity contribution >= 4 is 0 Å². The summed E-state index contributed by atoms with van der Waals surface area (Å²) >= 11 is 0. The van der Waals surface area contributed by atoms with Crippen LogP contribution in [0.5, 0.6) is 0 Å². The minimum Gasteiger partial charge on any atom is -0.0885 e. The molecule has 8 heavy (non-hydrogen) atoms. The van der Waals surface area contributed by atoms with Crippen molar-refractivity contribution in [1.29, 1.82) is 0 Å². The molecule has 0 aromatic carbocycles. The van der Waals surface area contributed by atoms with Crippen LogP contribution in [-0.2, 0) is 0 Å². The summed E-state index contributed by atoms with van der Waals surface area (Å²) in [6.07, 6.45) is 3.16. The normalized spacial score (nSPS) is 16.2. The Kier molecular flexibility index (Phi) is 3.59. The first-order chi connectivity index (χ1) is 3.72. The second-order valence-electron chi connectivity index (χ2n) is 2.22. The molecule has 0 amide bonds. The molecule has 1 radical (unpaired) electrons. The third-order valence-electron chi connectivity index (χ3n) is 1.67. The minimum atomic E-state index is 0.667. The Balaban J connectivity index is 3.63. The van der Waals surface area contributed by atoms with E-state index in [9.17, 15) is 0 Å². The monoisotopic (exact) mass is 111 g/mol. The van der Waals surface area contributed by atoms with Crippen molar-refractivity contribution in [2.24, 2.45) is 5.92 Å². The van der Waals surface area contributed by atoms with Crippen LogP contribution in [0.15, 0.2) is 11.6 Å². The molecule has 0 spiro atoms. The van der Waals surface area contributed by atoms with Gasteiger partial charge in [0.2, 0.25) is 0 Å². The molecular formula is C8H15. The third-order valence-corrected chi connectivity index (χ3v) is 1.67. The summed E-state index contributed by atoms with van der Waals surface area (Å²) in [6.45, 7) is 10.2. The van der Waals surface area contributed by atoms with E-state index in [4.69, 9.17) is 0 Å². The van der Waals surface area contributed by atoms with Gasteiger partial charge in [-0.25, -0.2) is 0 Å². The molecule has 0 heterocycles. The quantitative estimate of drug-likeness (QED) is 0.481. The molecule has 0 aliphatic heterocycles. The molecule has 0 heteroatoms. The van der Waals surface area contributed by atoms with Crippen molar-refractivity contribution in [3.8, 4) is 0 Å². The Hall–Kier alpha value is -0.260. The number of hydrogen-bond acceptors (Lipinski definition) is 0. The zero-order valence-corrected chi connectivity index (χ0v) is 6.07. The second kappa shape index (κ2) is 3.71. The molecular weight excluding hydrogens is 96.1 g/mol. The minimum absolute atomic E-state index is 0.667. The van der Waals surface area contributed by atoms with Gasteiger partial charge in [0.15, 0.2) is 0 Å². The number of allylic oxidation sites excluding steroid dienone is 2. The maximum atomic E-state index is 3.81. The van der Waals surface area contributed by atoms with Crippen molar-refractivity contribution in [3.05, 3.63) is 18.6 Å². The Labute approximate surface area is 52.6 Å². The lowest BCUT2D eigenvalue weighted by Crippen LogP contribution is -1.91. The molecule has 1 atom stereocenters. The van der Waals surface area contributed by atoms with Crippen LogP contribution in [0.25, 0.3) is 0 Å². The van der Waals surface area contributed by atoms with Gasteiger partial charge in [0.05, 0.1) is 0 Å². The molecule has 47 valence electrons. The van der Waals surface area contributed by atoms with E-state index in [-0.39, 0.29) is 0 Å². The van der Waals surface area contributed by atoms with E-state index < -0.39 is 0 Å². The highest BCUT2D eigenvalue weighted by molar-refractivity contribution is 4.99. The first-order valence-corrected chi connectivity index (χ1v) is 3.14. The topological polar surface area (TPSA) is 0 Å². The number of rotatable bonds is 2. The SMILES string of the molecule is [CH2]CC(C)C(C)=CC. The molecule has 0 aliphatic carbocycles. The van der Waals surface area contributed by atoms with E-state index in [2.05, 4.69) is 33.8 Å². The van der Waals surface area contributed by atoms with Crippen LogP contribution in [0.4, 0.5) is 0 Å². The summed E-state index contributed by atoms with van der Waals surface area (Å²) in [5, 5.41) is 0. The highest BCUT2D eigenvalue weighted by Gasteiger charge is 1.96. The number of hydrogen-bond donors (Lipinski definition) is 0. The predicted molar refractivity (Wildman–Crippen MR) is 38.6 cm³/mol. The Morgan fingerprint density at radius 2 is 2.25 bits per heavy atom. The molecule has 0 bridgehead atoms. The molecule has 0 aliphatic rings. The van der Waals surface area contributed by atoms with Gasteiger partial charge in [-0.1, -0.05) is 25.5 Å². The van der Waals surface area contributed by atoms with Crippen molar-refractivity contribution in [1.82, 2.24) is 0 Å². The van der Waals surface area contributed by atoms with Gasteiger partial charge < -0.3 is 0 Å². The van der Waals surface area contributed by atoms with Gasteiger partial charge in [-0.2, -0.15) is 0 Å². The Bertz CT molecular complexity index is 80.0. The average Bonchev–Trinajstić information content (AvgIpc) is 1.84. The predicted octanol–water partition coefficient (Wildman–Crippen LogP) is 2.81. The maximum Gasteiger partial charge on any atom is -0.0235 e. The highest BCUT2D eigenvalue weighted by atomic mass is 14.0. The van der Waals surface area contributed by atoms with E-state index in [1.54, 1.807) is 0 Å². The summed E-state index contributed by atoms with van der Waals surface area (Å²) in [5.74, 6) is 0.667. The Morgan fingerprint density at radius 1 is 1.75 bits per heavy atom. The van der Waals surface area contributed by atoms with Crippen LogP contribution >= 0.6 is 0 Å². The molecule has 0 N–H and O–H groups in total. The van der Waals surface area contributed by atoms with Crippen LogP contribution < -0.4 is 0 Å². The van der Waals surface area contributed by atoms with Crippen LogP contribution in [0, 0.1) is 12.8 Å². The fourth-order valence-corrected chi connectivity index (χ4v) is 0.512. The van der Waals surface area contributed by atoms with Crippen LogP contribution in [0.2, 0.25) is 0 Å². The summed E-state index contributed by atoms with van der Waals surface area (Å²) in [4.78, 5) is 0. The van der Waals surface area contributed by atoms with E-state index in [0.29, 0.717) is 5.92 Å². The molecule has 0 nitrogen and oxygen atoms in total. The van der Waals surface area contributed by atoms with E-state index in [1.165, 1.54) is 5.57 Å². The van der Waals surface area contributed by atoms with Gasteiger partial charge in [0.25, 0.3) is 0 Å². The summed E-state index contributed by atoms with van der Waals surface area (Å²) in [6, 6.07) is 0. The van der Waals surface area contributed by atoms with Gasteiger partial charge >= 0.3 is 0 Å². The van der Waals surface area contributed by atoms with Crippen molar-refractivity contribution in [2.75, 3.05) is 0 Å². The van der Waals surface area contributed by atoms with Crippen molar-refractivity contribution in [3.63, 3.8) is 0 Å². The van der Waals surface area contributed by atoms with Crippen molar-refractivity contribution in [2.45, 2.75) is 27.2 Å². The molecule has 1 unspecified atom stereocenters. The fraction of sp³-hybridized carbons (Fsp3) is 0.625. The second-order valence-corrected chi connectivity index (χ2v) is 2.22. The van der Waals surface area contributed by atoms with Gasteiger partial charge in [-0.3, -0.25) is 0 Å². The smallest absolute Gasteiger partial charge is 0.0235 e. The molecule has 0 aromatic heterocycles. The average molecular weight is 111 g/mol. The molecule has 0 rings (SSSR count). The van der Waals surface area contributed by atoms with Gasteiger partial charge in [-0.05, 0) is 26.2 Å². The first-order valence-electron chi connectivity index (χ1n) is 3.14. The summed E-state index contributed by atoms with van der Waals surface area (Å²) < 4.78 is 0. The van der Waals surface area contributed by atoms with E-state index >= 15 is 0 Å². The lowest BCUT2D eigenvalue weighted by Gasteiger charge is -2.06. The van der Waals surface area contributed by atoms with Gasteiger partial charge in [0, 0.05) is 0 Å². The molecule has 0 saturated heterocycles. The lowest BCUT2D eigenvalue weighted by molar-refractivity contribution is 0.691. The van der Waals surface area contributed by atoms with Crippen LogP contribution in [0.3, 0.4) is 0 Å². The summed E-state index contributed by atoms with van der Waals surface area (Å²) in [7, 11) is 0. The zero-order chi connectivity index (χ0) is 6.57. The standard InChI is InChI=1S/C8H15/c1-5-7(3)8(4)6-2/h6-7H,1,5H2,2-4H3. The largest absolute Gasteiger partial charge is 0.0885 e. The van der Waals surface area contributed by atoms with Gasteiger partial charge in [0.1, 0.15) is 0 Å². The zero-order valence-electron chi connectivity index (χ0n) is 6.07. The fourth-order valence-electron chi connectivity index (χ4n) is 0.512. The molecule has 0 fully saturated rings. The van der Waals surface area contributed by atoms with Crippen LogP contribution in [-0.4, -0.2) is 0 Å². The van der Waals surface area contributed by atoms with Crippen molar-refractivity contribution < 1.29 is 0 Å². The first kappa shape index (κ1) is 7.74. The summed E-state index contributed by atoms with van der Waals surface area (Å²) in [5.41, 5.74) is 1.44.